The van der Waals surface area contributed by atoms with Crippen molar-refractivity contribution in [2.45, 2.75) is 38.2 Å². The van der Waals surface area contributed by atoms with Crippen LogP contribution < -0.4 is 5.73 Å². The summed E-state index contributed by atoms with van der Waals surface area (Å²) in [7, 11) is 0. The van der Waals surface area contributed by atoms with Gasteiger partial charge in [0.2, 0.25) is 5.82 Å². The topological polar surface area (TPSA) is 89.4 Å². The zero-order valence-corrected chi connectivity index (χ0v) is 11.2. The standard InChI is InChI=1S/C14H19FN2O3/c15-11-7-10(4-5-12(11)17(19)20)8-14(9-16)6-2-1-3-13(14)18/h4-5,7,13,18H,1-3,6,8-9,16H2. The molecule has 3 N–H and O–H groups in total. The summed E-state index contributed by atoms with van der Waals surface area (Å²) in [6, 6.07) is 3.89. The number of halogens is 1. The van der Waals surface area contributed by atoms with E-state index in [2.05, 4.69) is 0 Å². The number of nitro groups is 1. The first kappa shape index (κ1) is 14.9. The average Bonchev–Trinajstić information content (AvgIpc) is 2.41. The van der Waals surface area contributed by atoms with Gasteiger partial charge in [0.15, 0.2) is 0 Å². The largest absolute Gasteiger partial charge is 0.392 e. The Balaban J connectivity index is 2.23. The molecule has 0 aromatic heterocycles. The lowest BCUT2D eigenvalue weighted by atomic mass is 9.68. The molecule has 2 atom stereocenters. The molecule has 1 saturated carbocycles. The summed E-state index contributed by atoms with van der Waals surface area (Å²) >= 11 is 0. The van der Waals surface area contributed by atoms with Crippen molar-refractivity contribution in [1.82, 2.24) is 0 Å². The highest BCUT2D eigenvalue weighted by molar-refractivity contribution is 5.35. The van der Waals surface area contributed by atoms with Crippen LogP contribution in [0.1, 0.15) is 31.2 Å². The number of hydrogen-bond donors (Lipinski definition) is 2. The third kappa shape index (κ3) is 2.81. The van der Waals surface area contributed by atoms with Crippen LogP contribution in [0.4, 0.5) is 10.1 Å². The monoisotopic (exact) mass is 282 g/mol. The average molecular weight is 282 g/mol. The fourth-order valence-corrected chi connectivity index (χ4v) is 3.02. The van der Waals surface area contributed by atoms with Crippen LogP contribution in [0.3, 0.4) is 0 Å². The molecule has 5 nitrogen and oxygen atoms in total. The number of nitro benzene ring substituents is 1. The molecule has 0 heterocycles. The molecular weight excluding hydrogens is 263 g/mol. The van der Waals surface area contributed by atoms with Crippen LogP contribution in [0.15, 0.2) is 18.2 Å². The molecule has 0 aliphatic heterocycles. The van der Waals surface area contributed by atoms with E-state index in [1.54, 1.807) is 6.07 Å². The molecular formula is C14H19FN2O3. The van der Waals surface area contributed by atoms with Gasteiger partial charge in [0, 0.05) is 18.0 Å². The summed E-state index contributed by atoms with van der Waals surface area (Å²) in [5.74, 6) is -0.843. The highest BCUT2D eigenvalue weighted by Gasteiger charge is 2.38. The number of hydrogen-bond acceptors (Lipinski definition) is 4. The number of aliphatic hydroxyl groups is 1. The highest BCUT2D eigenvalue weighted by Crippen LogP contribution is 2.39. The summed E-state index contributed by atoms with van der Waals surface area (Å²) in [6.45, 7) is 0.326. The zero-order valence-electron chi connectivity index (χ0n) is 11.2. The number of nitrogens with zero attached hydrogens (tertiary/aromatic N) is 1. The van der Waals surface area contributed by atoms with Gasteiger partial charge in [-0.15, -0.1) is 0 Å². The molecule has 1 fully saturated rings. The Hall–Kier alpha value is -1.53. The third-order valence-corrected chi connectivity index (χ3v) is 4.28. The first-order valence-electron chi connectivity index (χ1n) is 6.79. The summed E-state index contributed by atoms with van der Waals surface area (Å²) in [5, 5.41) is 20.8. The van der Waals surface area contributed by atoms with Crippen molar-refractivity contribution >= 4 is 5.69 Å². The summed E-state index contributed by atoms with van der Waals surface area (Å²) in [4.78, 5) is 9.86. The molecule has 0 radical (unpaired) electrons. The Kier molecular flexibility index (Phi) is 4.35. The smallest absolute Gasteiger partial charge is 0.304 e. The fraction of sp³-hybridized carbons (Fsp3) is 0.571. The number of benzene rings is 1. The quantitative estimate of drug-likeness (QED) is 0.654. The molecule has 6 heteroatoms. The van der Waals surface area contributed by atoms with Crippen LogP contribution >= 0.6 is 0 Å². The van der Waals surface area contributed by atoms with E-state index < -0.39 is 27.9 Å². The van der Waals surface area contributed by atoms with Gasteiger partial charge >= 0.3 is 5.69 Å². The van der Waals surface area contributed by atoms with Crippen LogP contribution in [0, 0.1) is 21.3 Å². The summed E-state index contributed by atoms with van der Waals surface area (Å²) < 4.78 is 13.6. The number of aliphatic hydroxyl groups excluding tert-OH is 1. The minimum absolute atomic E-state index is 0.326. The normalized spacial score (nSPS) is 26.4. The lowest BCUT2D eigenvalue weighted by Crippen LogP contribution is -2.45. The maximum atomic E-state index is 13.6. The maximum absolute atomic E-state index is 13.6. The SMILES string of the molecule is NCC1(Cc2ccc([N+](=O)[O-])c(F)c2)CCCCC1O. The van der Waals surface area contributed by atoms with Gasteiger partial charge in [0.1, 0.15) is 0 Å². The Morgan fingerprint density at radius 1 is 1.50 bits per heavy atom. The minimum Gasteiger partial charge on any atom is -0.392 e. The van der Waals surface area contributed by atoms with E-state index in [-0.39, 0.29) is 0 Å². The van der Waals surface area contributed by atoms with Crippen molar-refractivity contribution in [3.05, 3.63) is 39.7 Å². The van der Waals surface area contributed by atoms with E-state index >= 15 is 0 Å². The lowest BCUT2D eigenvalue weighted by Gasteiger charge is -2.41. The van der Waals surface area contributed by atoms with Crippen LogP contribution in [-0.4, -0.2) is 22.7 Å². The molecule has 1 aromatic rings. The molecule has 2 unspecified atom stereocenters. The van der Waals surface area contributed by atoms with Crippen molar-refractivity contribution in [2.75, 3.05) is 6.54 Å². The molecule has 110 valence electrons. The van der Waals surface area contributed by atoms with Gasteiger partial charge in [0.25, 0.3) is 0 Å². The molecule has 0 bridgehead atoms. The van der Waals surface area contributed by atoms with E-state index in [1.165, 1.54) is 12.1 Å². The second-order valence-corrected chi connectivity index (χ2v) is 5.55. The predicted molar refractivity (Wildman–Crippen MR) is 72.7 cm³/mol. The highest BCUT2D eigenvalue weighted by atomic mass is 19.1. The molecule has 0 amide bonds. The van der Waals surface area contributed by atoms with Gasteiger partial charge in [-0.2, -0.15) is 4.39 Å². The molecule has 2 rings (SSSR count). The van der Waals surface area contributed by atoms with Crippen LogP contribution in [-0.2, 0) is 6.42 Å². The molecule has 0 saturated heterocycles. The summed E-state index contributed by atoms with van der Waals surface area (Å²) in [6.07, 6.45) is 3.40. The fourth-order valence-electron chi connectivity index (χ4n) is 3.02. The number of nitrogens with two attached hydrogens (primary N) is 1. The lowest BCUT2D eigenvalue weighted by molar-refractivity contribution is -0.387. The van der Waals surface area contributed by atoms with Gasteiger partial charge in [-0.05, 0) is 30.9 Å². The Labute approximate surface area is 116 Å². The molecule has 0 spiro atoms. The third-order valence-electron chi connectivity index (χ3n) is 4.28. The Morgan fingerprint density at radius 3 is 2.80 bits per heavy atom. The molecule has 1 aliphatic carbocycles. The first-order chi connectivity index (χ1) is 9.48. The number of rotatable bonds is 4. The van der Waals surface area contributed by atoms with Crippen LogP contribution in [0.2, 0.25) is 0 Å². The molecule has 1 aliphatic rings. The van der Waals surface area contributed by atoms with Crippen LogP contribution in [0.5, 0.6) is 0 Å². The van der Waals surface area contributed by atoms with Crippen molar-refractivity contribution in [1.29, 1.82) is 0 Å². The second-order valence-electron chi connectivity index (χ2n) is 5.55. The maximum Gasteiger partial charge on any atom is 0.304 e. The Bertz CT molecular complexity index is 509. The van der Waals surface area contributed by atoms with E-state index in [1.807, 2.05) is 0 Å². The Morgan fingerprint density at radius 2 is 2.25 bits per heavy atom. The van der Waals surface area contributed by atoms with Crippen molar-refractivity contribution in [2.24, 2.45) is 11.1 Å². The van der Waals surface area contributed by atoms with Gasteiger partial charge in [-0.3, -0.25) is 10.1 Å². The van der Waals surface area contributed by atoms with Crippen LogP contribution in [0.25, 0.3) is 0 Å². The van der Waals surface area contributed by atoms with E-state index in [0.29, 0.717) is 24.9 Å². The van der Waals surface area contributed by atoms with Crippen molar-refractivity contribution in [3.63, 3.8) is 0 Å². The zero-order chi connectivity index (χ0) is 14.8. The van der Waals surface area contributed by atoms with Gasteiger partial charge in [-0.25, -0.2) is 0 Å². The van der Waals surface area contributed by atoms with Crippen molar-refractivity contribution in [3.8, 4) is 0 Å². The first-order valence-corrected chi connectivity index (χ1v) is 6.79. The van der Waals surface area contributed by atoms with Gasteiger partial charge in [0.05, 0.1) is 11.0 Å². The second kappa shape index (κ2) is 5.85. The van der Waals surface area contributed by atoms with Gasteiger partial charge < -0.3 is 10.8 Å². The molecule has 1 aromatic carbocycles. The predicted octanol–water partition coefficient (Wildman–Crippen LogP) is 2.16. The van der Waals surface area contributed by atoms with E-state index in [9.17, 15) is 19.6 Å². The minimum atomic E-state index is -0.843. The molecule has 20 heavy (non-hydrogen) atoms. The van der Waals surface area contributed by atoms with Crippen molar-refractivity contribution < 1.29 is 14.4 Å². The van der Waals surface area contributed by atoms with Gasteiger partial charge in [-0.1, -0.05) is 18.9 Å². The van der Waals surface area contributed by atoms with E-state index in [0.717, 1.165) is 19.3 Å². The summed E-state index contributed by atoms with van der Waals surface area (Å²) in [5.41, 5.74) is 5.50. The van der Waals surface area contributed by atoms with E-state index in [4.69, 9.17) is 5.73 Å².